The summed E-state index contributed by atoms with van der Waals surface area (Å²) >= 11 is 0. The third-order valence-corrected chi connectivity index (χ3v) is 10.8. The Morgan fingerprint density at radius 1 is 1.19 bits per heavy atom. The Labute approximate surface area is 164 Å². The van der Waals surface area contributed by atoms with Crippen molar-refractivity contribution in [1.82, 2.24) is 9.80 Å². The lowest BCUT2D eigenvalue weighted by Crippen LogP contribution is -2.59. The number of hydrogen-bond donors (Lipinski definition) is 0. The van der Waals surface area contributed by atoms with Gasteiger partial charge in [0.05, 0.1) is 18.7 Å². The molecule has 6 heteroatoms. The number of ether oxygens (including phenoxy) is 1. The summed E-state index contributed by atoms with van der Waals surface area (Å²) in [5.41, 5.74) is 1.32. The van der Waals surface area contributed by atoms with Gasteiger partial charge in [-0.1, -0.05) is 51.1 Å². The van der Waals surface area contributed by atoms with Gasteiger partial charge in [0.15, 0.2) is 8.32 Å². The second-order valence-corrected chi connectivity index (χ2v) is 14.1. The number of piperidine rings is 1. The molecule has 2 aliphatic rings. The number of carbonyl (C=O) groups excluding carboxylic acids is 1. The molecule has 27 heavy (non-hydrogen) atoms. The van der Waals surface area contributed by atoms with Gasteiger partial charge in [-0.15, -0.1) is 0 Å². The minimum atomic E-state index is -1.93. The molecule has 1 amide bonds. The van der Waals surface area contributed by atoms with E-state index in [0.29, 0.717) is 13.2 Å². The van der Waals surface area contributed by atoms with E-state index in [2.05, 4.69) is 69.1 Å². The maximum Gasteiger partial charge on any atom is 0.410 e. The van der Waals surface area contributed by atoms with Crippen LogP contribution < -0.4 is 0 Å². The molecule has 2 atom stereocenters. The number of carbonyl (C=O) groups is 1. The SMILES string of the molecule is CC(C)(C)[Si](C)(C)OC1CN(Cc2ccccc2)CCC1N1CCOC1=O. The zero-order valence-corrected chi connectivity index (χ0v) is 18.4. The van der Waals surface area contributed by atoms with Crippen LogP contribution in [0.15, 0.2) is 30.3 Å². The normalized spacial score (nSPS) is 24.9. The van der Waals surface area contributed by atoms with E-state index >= 15 is 0 Å². The Balaban J connectivity index is 1.76. The van der Waals surface area contributed by atoms with E-state index in [0.717, 1.165) is 26.1 Å². The van der Waals surface area contributed by atoms with Gasteiger partial charge in [0.25, 0.3) is 0 Å². The summed E-state index contributed by atoms with van der Waals surface area (Å²) < 4.78 is 12.0. The molecule has 0 aliphatic carbocycles. The minimum Gasteiger partial charge on any atom is -0.448 e. The standard InChI is InChI=1S/C21H34N2O3Si/c1-21(2,3)27(4,5)26-19-16-22(15-17-9-7-6-8-10-17)12-11-18(19)23-13-14-25-20(23)24/h6-10,18-19H,11-16H2,1-5H3. The smallest absolute Gasteiger partial charge is 0.410 e. The van der Waals surface area contributed by atoms with Crippen molar-refractivity contribution in [2.24, 2.45) is 0 Å². The molecule has 2 aliphatic heterocycles. The Morgan fingerprint density at radius 2 is 1.89 bits per heavy atom. The molecular formula is C21H34N2O3Si. The summed E-state index contributed by atoms with van der Waals surface area (Å²) in [6, 6.07) is 10.7. The van der Waals surface area contributed by atoms with Gasteiger partial charge >= 0.3 is 6.09 Å². The Kier molecular flexibility index (Phi) is 5.98. The van der Waals surface area contributed by atoms with E-state index in [1.54, 1.807) is 0 Å². The second kappa shape index (κ2) is 7.93. The number of benzene rings is 1. The monoisotopic (exact) mass is 390 g/mol. The Hall–Kier alpha value is -1.37. The van der Waals surface area contributed by atoms with E-state index in [1.807, 2.05) is 4.90 Å². The average molecular weight is 391 g/mol. The lowest BCUT2D eigenvalue weighted by atomic mass is 10.00. The van der Waals surface area contributed by atoms with E-state index in [-0.39, 0.29) is 23.3 Å². The summed E-state index contributed by atoms with van der Waals surface area (Å²) in [5, 5.41) is 0.144. The van der Waals surface area contributed by atoms with Crippen molar-refractivity contribution in [1.29, 1.82) is 0 Å². The molecule has 1 aromatic carbocycles. The van der Waals surface area contributed by atoms with Crippen molar-refractivity contribution in [3.8, 4) is 0 Å². The molecule has 2 unspecified atom stereocenters. The van der Waals surface area contributed by atoms with Gasteiger partial charge in [-0.2, -0.15) is 0 Å². The first-order valence-corrected chi connectivity index (χ1v) is 13.0. The molecule has 0 aromatic heterocycles. The minimum absolute atomic E-state index is 0.0361. The van der Waals surface area contributed by atoms with E-state index in [9.17, 15) is 4.79 Å². The highest BCUT2D eigenvalue weighted by Gasteiger charge is 2.45. The summed E-state index contributed by atoms with van der Waals surface area (Å²) in [7, 11) is -1.93. The van der Waals surface area contributed by atoms with Gasteiger partial charge < -0.3 is 9.16 Å². The zero-order chi connectivity index (χ0) is 19.7. The highest BCUT2D eigenvalue weighted by molar-refractivity contribution is 6.74. The second-order valence-electron chi connectivity index (χ2n) is 9.30. The maximum absolute atomic E-state index is 12.2. The number of amides is 1. The lowest BCUT2D eigenvalue weighted by Gasteiger charge is -2.47. The molecule has 0 bridgehead atoms. The fourth-order valence-electron chi connectivity index (χ4n) is 3.69. The van der Waals surface area contributed by atoms with Crippen molar-refractivity contribution >= 4 is 14.4 Å². The zero-order valence-electron chi connectivity index (χ0n) is 17.4. The summed E-state index contributed by atoms with van der Waals surface area (Å²) in [5.74, 6) is 0. The summed E-state index contributed by atoms with van der Waals surface area (Å²) in [6.45, 7) is 15.3. The first-order chi connectivity index (χ1) is 12.7. The first-order valence-electron chi connectivity index (χ1n) is 10.0. The Morgan fingerprint density at radius 3 is 2.48 bits per heavy atom. The molecular weight excluding hydrogens is 356 g/mol. The molecule has 0 spiro atoms. The first kappa shape index (κ1) is 20.4. The summed E-state index contributed by atoms with van der Waals surface area (Å²) in [6.07, 6.45) is 0.788. The predicted octanol–water partition coefficient (Wildman–Crippen LogP) is 4.10. The van der Waals surface area contributed by atoms with Crippen LogP contribution in [0.25, 0.3) is 0 Å². The van der Waals surface area contributed by atoms with Gasteiger partial charge in [0.1, 0.15) is 6.61 Å². The van der Waals surface area contributed by atoms with Gasteiger partial charge in [0, 0.05) is 19.6 Å². The highest BCUT2D eigenvalue weighted by atomic mass is 28.4. The molecule has 2 heterocycles. The van der Waals surface area contributed by atoms with Crippen LogP contribution in [0.4, 0.5) is 4.79 Å². The molecule has 1 aromatic rings. The fourth-order valence-corrected chi connectivity index (χ4v) is 5.03. The predicted molar refractivity (Wildman–Crippen MR) is 110 cm³/mol. The molecule has 0 radical (unpaired) electrons. The summed E-state index contributed by atoms with van der Waals surface area (Å²) in [4.78, 5) is 16.6. The van der Waals surface area contributed by atoms with Crippen molar-refractivity contribution in [2.75, 3.05) is 26.2 Å². The van der Waals surface area contributed by atoms with Gasteiger partial charge in [0.2, 0.25) is 0 Å². The quantitative estimate of drug-likeness (QED) is 0.710. The van der Waals surface area contributed by atoms with Crippen molar-refractivity contribution < 1.29 is 14.0 Å². The highest BCUT2D eigenvalue weighted by Crippen LogP contribution is 2.39. The number of hydrogen-bond acceptors (Lipinski definition) is 4. The van der Waals surface area contributed by atoms with Crippen LogP contribution in [0.5, 0.6) is 0 Å². The molecule has 0 saturated carbocycles. The van der Waals surface area contributed by atoms with Crippen LogP contribution in [0.1, 0.15) is 32.8 Å². The number of cyclic esters (lactones) is 1. The largest absolute Gasteiger partial charge is 0.448 e. The number of likely N-dealkylation sites (tertiary alicyclic amines) is 1. The topological polar surface area (TPSA) is 42.0 Å². The van der Waals surface area contributed by atoms with Crippen LogP contribution in [0, 0.1) is 0 Å². The van der Waals surface area contributed by atoms with Crippen LogP contribution in [0.3, 0.4) is 0 Å². The van der Waals surface area contributed by atoms with E-state index in [1.165, 1.54) is 5.56 Å². The Bertz CT molecular complexity index is 645. The molecule has 2 fully saturated rings. The van der Waals surface area contributed by atoms with Crippen LogP contribution in [-0.4, -0.2) is 62.6 Å². The molecule has 5 nitrogen and oxygen atoms in total. The lowest BCUT2D eigenvalue weighted by molar-refractivity contribution is 0.00898. The van der Waals surface area contributed by atoms with E-state index in [4.69, 9.17) is 9.16 Å². The van der Waals surface area contributed by atoms with Crippen LogP contribution in [0.2, 0.25) is 18.1 Å². The molecule has 3 rings (SSSR count). The third-order valence-electron chi connectivity index (χ3n) is 6.30. The molecule has 0 N–H and O–H groups in total. The van der Waals surface area contributed by atoms with E-state index < -0.39 is 8.32 Å². The van der Waals surface area contributed by atoms with Crippen molar-refractivity contribution in [2.45, 2.75) is 64.0 Å². The number of nitrogens with zero attached hydrogens (tertiary/aromatic N) is 2. The van der Waals surface area contributed by atoms with Gasteiger partial charge in [-0.25, -0.2) is 4.79 Å². The van der Waals surface area contributed by atoms with Crippen molar-refractivity contribution in [3.05, 3.63) is 35.9 Å². The average Bonchev–Trinajstić information content (AvgIpc) is 3.00. The van der Waals surface area contributed by atoms with Crippen LogP contribution >= 0.6 is 0 Å². The van der Waals surface area contributed by atoms with Gasteiger partial charge in [-0.05, 0) is 30.1 Å². The number of rotatable bonds is 5. The molecule has 2 saturated heterocycles. The van der Waals surface area contributed by atoms with Crippen LogP contribution in [-0.2, 0) is 15.7 Å². The fraction of sp³-hybridized carbons (Fsp3) is 0.667. The van der Waals surface area contributed by atoms with Crippen molar-refractivity contribution in [3.63, 3.8) is 0 Å². The maximum atomic E-state index is 12.2. The van der Waals surface area contributed by atoms with Gasteiger partial charge in [-0.3, -0.25) is 9.80 Å². The molecule has 150 valence electrons. The third kappa shape index (κ3) is 4.73.